The average molecular weight is 455 g/mol. The monoisotopic (exact) mass is 454 g/mol. The molecule has 0 saturated carbocycles. The zero-order valence-corrected chi connectivity index (χ0v) is 17.9. The maximum atomic E-state index is 12.5. The number of carbonyl (C=O) groups excluding carboxylic acids is 1. The molecule has 0 bridgehead atoms. The maximum absolute atomic E-state index is 12.5. The molecule has 1 amide bonds. The number of hydrogen-bond donors (Lipinski definition) is 1. The van der Waals surface area contributed by atoms with Crippen LogP contribution in [-0.2, 0) is 11.3 Å². The first-order valence-electron chi connectivity index (χ1n) is 8.94. The average Bonchev–Trinajstić information content (AvgIpc) is 3.27. The zero-order chi connectivity index (χ0) is 19.7. The molecule has 2 aromatic carbocycles. The molecule has 0 fully saturated rings. The van der Waals surface area contributed by atoms with Crippen LogP contribution in [0.4, 0.5) is 5.69 Å². The van der Waals surface area contributed by atoms with Crippen LogP contribution < -0.4 is 5.32 Å². The number of aromatic nitrogens is 3. The lowest BCUT2D eigenvalue weighted by Crippen LogP contribution is -2.24. The number of fused-ring (bicyclic) bond motifs is 1. The van der Waals surface area contributed by atoms with E-state index >= 15 is 0 Å². The number of hydrogen-bond acceptors (Lipinski definition) is 4. The molecule has 2 heterocycles. The summed E-state index contributed by atoms with van der Waals surface area (Å²) in [7, 11) is 0. The molecule has 0 aliphatic carbocycles. The summed E-state index contributed by atoms with van der Waals surface area (Å²) in [6, 6.07) is 14.1. The smallest absolute Gasteiger partial charge is 0.229 e. The summed E-state index contributed by atoms with van der Waals surface area (Å²) in [5, 5.41) is 8.15. The van der Waals surface area contributed by atoms with Crippen molar-refractivity contribution in [1.82, 2.24) is 14.8 Å². The molecule has 0 spiro atoms. The zero-order valence-electron chi connectivity index (χ0n) is 15.5. The van der Waals surface area contributed by atoms with Gasteiger partial charge in [0.25, 0.3) is 0 Å². The number of carbonyl (C=O) groups is 1. The Morgan fingerprint density at radius 2 is 2.04 bits per heavy atom. The van der Waals surface area contributed by atoms with Crippen LogP contribution in [0.25, 0.3) is 20.8 Å². The lowest BCUT2D eigenvalue weighted by Gasteiger charge is -2.12. The summed E-state index contributed by atoms with van der Waals surface area (Å²) >= 11 is 5.05. The fourth-order valence-corrected chi connectivity index (χ4v) is 4.32. The first-order chi connectivity index (χ1) is 13.5. The van der Waals surface area contributed by atoms with Gasteiger partial charge in [0.15, 0.2) is 0 Å². The van der Waals surface area contributed by atoms with Gasteiger partial charge in [-0.15, -0.1) is 11.3 Å². The highest BCUT2D eigenvalue weighted by Gasteiger charge is 2.15. The van der Waals surface area contributed by atoms with Crippen LogP contribution in [0.15, 0.2) is 59.3 Å². The van der Waals surface area contributed by atoms with Crippen LogP contribution in [-0.4, -0.2) is 20.7 Å². The number of thiazole rings is 1. The van der Waals surface area contributed by atoms with E-state index in [4.69, 9.17) is 4.98 Å². The molecule has 142 valence electrons. The van der Waals surface area contributed by atoms with Crippen molar-refractivity contribution in [3.63, 3.8) is 0 Å². The largest absolute Gasteiger partial charge is 0.326 e. The molecule has 1 atom stereocenters. The first-order valence-corrected chi connectivity index (χ1v) is 10.6. The topological polar surface area (TPSA) is 59.8 Å². The highest BCUT2D eigenvalue weighted by Crippen LogP contribution is 2.31. The quantitative estimate of drug-likeness (QED) is 0.432. The summed E-state index contributed by atoms with van der Waals surface area (Å²) in [5.41, 5.74) is 4.07. The highest BCUT2D eigenvalue weighted by molar-refractivity contribution is 9.10. The van der Waals surface area contributed by atoms with Gasteiger partial charge in [-0.1, -0.05) is 13.0 Å². The molecule has 1 N–H and O–H groups in total. The van der Waals surface area contributed by atoms with Crippen LogP contribution in [0.3, 0.4) is 0 Å². The molecule has 4 rings (SSSR count). The van der Waals surface area contributed by atoms with E-state index in [9.17, 15) is 4.79 Å². The molecule has 28 heavy (non-hydrogen) atoms. The van der Waals surface area contributed by atoms with Crippen LogP contribution in [0, 0.1) is 12.8 Å². The van der Waals surface area contributed by atoms with Gasteiger partial charge < -0.3 is 5.32 Å². The third-order valence-corrected chi connectivity index (χ3v) is 5.93. The van der Waals surface area contributed by atoms with Gasteiger partial charge in [0.2, 0.25) is 5.91 Å². The minimum absolute atomic E-state index is 0.0326. The number of rotatable bonds is 5. The molecule has 7 heteroatoms. The Bertz CT molecular complexity index is 1130. The van der Waals surface area contributed by atoms with Crippen molar-refractivity contribution in [2.75, 3.05) is 5.32 Å². The lowest BCUT2D eigenvalue weighted by atomic mass is 10.1. The van der Waals surface area contributed by atoms with Crippen molar-refractivity contribution in [2.24, 2.45) is 5.92 Å². The van der Waals surface area contributed by atoms with E-state index in [-0.39, 0.29) is 11.8 Å². The maximum Gasteiger partial charge on any atom is 0.229 e. The van der Waals surface area contributed by atoms with Crippen molar-refractivity contribution < 1.29 is 4.79 Å². The van der Waals surface area contributed by atoms with Gasteiger partial charge in [-0.2, -0.15) is 5.10 Å². The summed E-state index contributed by atoms with van der Waals surface area (Å²) in [5.74, 6) is -0.228. The van der Waals surface area contributed by atoms with Gasteiger partial charge in [0.1, 0.15) is 5.01 Å². The molecule has 0 saturated heterocycles. The fourth-order valence-electron chi connectivity index (χ4n) is 2.92. The SMILES string of the molecule is Cc1ccc2nc(-c3ccc(NC(=O)C(C)Cn4cc(Br)cn4)cc3)sc2c1. The van der Waals surface area contributed by atoms with Gasteiger partial charge in [-0.3, -0.25) is 9.48 Å². The Morgan fingerprint density at radius 1 is 1.25 bits per heavy atom. The summed E-state index contributed by atoms with van der Waals surface area (Å²) in [4.78, 5) is 17.2. The van der Waals surface area contributed by atoms with E-state index in [1.54, 1.807) is 22.2 Å². The minimum Gasteiger partial charge on any atom is -0.326 e. The van der Waals surface area contributed by atoms with Gasteiger partial charge in [-0.25, -0.2) is 4.98 Å². The van der Waals surface area contributed by atoms with Gasteiger partial charge in [0, 0.05) is 17.4 Å². The number of aryl methyl sites for hydroxylation is 1. The summed E-state index contributed by atoms with van der Waals surface area (Å²) in [6.45, 7) is 4.51. The Labute approximate surface area is 175 Å². The van der Waals surface area contributed by atoms with Gasteiger partial charge in [-0.05, 0) is 64.8 Å². The normalized spacial score (nSPS) is 12.2. The second-order valence-electron chi connectivity index (χ2n) is 6.84. The van der Waals surface area contributed by atoms with Gasteiger partial charge >= 0.3 is 0 Å². The van der Waals surface area contributed by atoms with E-state index in [0.717, 1.165) is 26.2 Å². The Kier molecular flexibility index (Phi) is 5.28. The molecular formula is C21H19BrN4OS. The molecular weight excluding hydrogens is 436 g/mol. The first kappa shape index (κ1) is 18.8. The number of benzene rings is 2. The number of anilines is 1. The number of nitrogens with zero attached hydrogens (tertiary/aromatic N) is 3. The molecule has 0 aliphatic heterocycles. The Balaban J connectivity index is 1.44. The summed E-state index contributed by atoms with van der Waals surface area (Å²) < 4.78 is 3.85. The lowest BCUT2D eigenvalue weighted by molar-refractivity contribution is -0.119. The van der Waals surface area contributed by atoms with Crippen molar-refractivity contribution in [3.05, 3.63) is 64.9 Å². The van der Waals surface area contributed by atoms with E-state index in [2.05, 4.69) is 51.5 Å². The molecule has 0 radical (unpaired) electrons. The second-order valence-corrected chi connectivity index (χ2v) is 8.78. The molecule has 1 unspecified atom stereocenters. The molecule has 5 nitrogen and oxygen atoms in total. The van der Waals surface area contributed by atoms with E-state index in [0.29, 0.717) is 6.54 Å². The Hall–Kier alpha value is -2.51. The van der Waals surface area contributed by atoms with Crippen LogP contribution >= 0.6 is 27.3 Å². The standard InChI is InChI=1S/C21H19BrN4OS/c1-13-3-8-18-19(9-13)28-21(25-18)15-4-6-17(7-5-15)24-20(27)14(2)11-26-12-16(22)10-23-26/h3-10,12,14H,11H2,1-2H3,(H,24,27). The van der Waals surface area contributed by atoms with E-state index in [1.807, 2.05) is 37.4 Å². The third kappa shape index (κ3) is 4.15. The molecule has 2 aromatic heterocycles. The van der Waals surface area contributed by atoms with E-state index in [1.165, 1.54) is 10.3 Å². The van der Waals surface area contributed by atoms with Crippen molar-refractivity contribution in [1.29, 1.82) is 0 Å². The van der Waals surface area contributed by atoms with Crippen molar-refractivity contribution >= 4 is 49.1 Å². The van der Waals surface area contributed by atoms with Crippen molar-refractivity contribution in [2.45, 2.75) is 20.4 Å². The predicted octanol–water partition coefficient (Wildman–Crippen LogP) is 5.51. The number of nitrogens with one attached hydrogen (secondary N) is 1. The fraction of sp³-hybridized carbons (Fsp3) is 0.190. The highest BCUT2D eigenvalue weighted by atomic mass is 79.9. The third-order valence-electron chi connectivity index (χ3n) is 4.45. The number of amides is 1. The second kappa shape index (κ2) is 7.85. The van der Waals surface area contributed by atoms with E-state index < -0.39 is 0 Å². The molecule has 4 aromatic rings. The predicted molar refractivity (Wildman–Crippen MR) is 118 cm³/mol. The Morgan fingerprint density at radius 3 is 2.75 bits per heavy atom. The van der Waals surface area contributed by atoms with Crippen molar-refractivity contribution in [3.8, 4) is 10.6 Å². The van der Waals surface area contributed by atoms with Crippen LogP contribution in [0.1, 0.15) is 12.5 Å². The van der Waals surface area contributed by atoms with Crippen LogP contribution in [0.5, 0.6) is 0 Å². The van der Waals surface area contributed by atoms with Crippen LogP contribution in [0.2, 0.25) is 0 Å². The minimum atomic E-state index is -0.195. The number of halogens is 1. The molecule has 0 aliphatic rings. The van der Waals surface area contributed by atoms with Gasteiger partial charge in [0.05, 0.1) is 33.3 Å². The summed E-state index contributed by atoms with van der Waals surface area (Å²) in [6.07, 6.45) is 3.57.